The molecule has 2 heterocycles. The summed E-state index contributed by atoms with van der Waals surface area (Å²) < 4.78 is 0. The molecule has 120 valence electrons. The van der Waals surface area contributed by atoms with Gasteiger partial charge in [0.05, 0.1) is 39.3 Å². The van der Waals surface area contributed by atoms with Crippen LogP contribution in [0.4, 0.5) is 11.5 Å². The summed E-state index contributed by atoms with van der Waals surface area (Å²) in [6, 6.07) is 7.98. The lowest BCUT2D eigenvalue weighted by molar-refractivity contribution is -0.384. The standard InChI is InChI=1S/C16H13N5O2S/c1-9-15(19-10(2)24-9)8-18-16-5-11(7-17)13-6-12(21(22)23)3-4-14(13)20-16/h3-6H,8H2,1-2H3,(H,18,20). The average molecular weight is 339 g/mol. The molecule has 0 aliphatic rings. The third kappa shape index (κ3) is 3.02. The Hall–Kier alpha value is -3.05. The van der Waals surface area contributed by atoms with E-state index in [1.54, 1.807) is 23.5 Å². The van der Waals surface area contributed by atoms with E-state index >= 15 is 0 Å². The van der Waals surface area contributed by atoms with Crippen LogP contribution in [0.25, 0.3) is 10.9 Å². The molecular formula is C16H13N5O2S. The maximum absolute atomic E-state index is 10.9. The number of nitro benzene ring substituents is 1. The lowest BCUT2D eigenvalue weighted by Gasteiger charge is -2.07. The predicted octanol–water partition coefficient (Wildman–Crippen LogP) is 3.70. The largest absolute Gasteiger partial charge is 0.364 e. The fourth-order valence-electron chi connectivity index (χ4n) is 2.42. The first kappa shape index (κ1) is 15.8. The van der Waals surface area contributed by atoms with E-state index in [9.17, 15) is 15.4 Å². The van der Waals surface area contributed by atoms with Gasteiger partial charge in [0.2, 0.25) is 0 Å². The highest BCUT2D eigenvalue weighted by Crippen LogP contribution is 2.25. The van der Waals surface area contributed by atoms with Crippen molar-refractivity contribution in [3.05, 3.63) is 55.5 Å². The third-order valence-electron chi connectivity index (χ3n) is 3.56. The number of non-ortho nitro benzene ring substituents is 1. The van der Waals surface area contributed by atoms with Crippen LogP contribution in [0, 0.1) is 35.3 Å². The molecule has 0 fully saturated rings. The van der Waals surface area contributed by atoms with Crippen LogP contribution in [0.15, 0.2) is 24.3 Å². The summed E-state index contributed by atoms with van der Waals surface area (Å²) in [7, 11) is 0. The average Bonchev–Trinajstić information content (AvgIpc) is 2.89. The lowest BCUT2D eigenvalue weighted by Crippen LogP contribution is -2.04. The molecule has 0 atom stereocenters. The van der Waals surface area contributed by atoms with E-state index in [2.05, 4.69) is 21.4 Å². The van der Waals surface area contributed by atoms with Crippen LogP contribution >= 0.6 is 11.3 Å². The second kappa shape index (κ2) is 6.22. The van der Waals surface area contributed by atoms with Gasteiger partial charge < -0.3 is 5.32 Å². The zero-order valence-electron chi connectivity index (χ0n) is 13.0. The fraction of sp³-hybridized carbons (Fsp3) is 0.188. The van der Waals surface area contributed by atoms with Gasteiger partial charge in [-0.1, -0.05) is 0 Å². The molecule has 2 aromatic heterocycles. The Kier molecular flexibility index (Phi) is 4.10. The smallest absolute Gasteiger partial charge is 0.270 e. The van der Waals surface area contributed by atoms with Crippen LogP contribution in [-0.4, -0.2) is 14.9 Å². The quantitative estimate of drug-likeness (QED) is 0.574. The van der Waals surface area contributed by atoms with E-state index in [1.807, 2.05) is 13.8 Å². The van der Waals surface area contributed by atoms with Crippen LogP contribution in [0.3, 0.4) is 0 Å². The van der Waals surface area contributed by atoms with Crippen molar-refractivity contribution in [2.45, 2.75) is 20.4 Å². The molecule has 1 aromatic carbocycles. The first-order chi connectivity index (χ1) is 11.5. The second-order valence-corrected chi connectivity index (χ2v) is 6.62. The second-order valence-electron chi connectivity index (χ2n) is 5.21. The van der Waals surface area contributed by atoms with Crippen molar-refractivity contribution >= 4 is 33.7 Å². The molecule has 0 saturated heterocycles. The van der Waals surface area contributed by atoms with E-state index in [0.717, 1.165) is 15.6 Å². The summed E-state index contributed by atoms with van der Waals surface area (Å²) in [5.74, 6) is 0.540. The minimum Gasteiger partial charge on any atom is -0.364 e. The number of hydrogen-bond acceptors (Lipinski definition) is 7. The van der Waals surface area contributed by atoms with Crippen molar-refractivity contribution in [2.75, 3.05) is 5.32 Å². The number of nitriles is 1. The molecular weight excluding hydrogens is 326 g/mol. The van der Waals surface area contributed by atoms with Crippen molar-refractivity contribution < 1.29 is 4.92 Å². The molecule has 3 aromatic rings. The highest BCUT2D eigenvalue weighted by molar-refractivity contribution is 7.11. The van der Waals surface area contributed by atoms with Crippen molar-refractivity contribution in [3.63, 3.8) is 0 Å². The molecule has 0 bridgehead atoms. The van der Waals surface area contributed by atoms with Crippen molar-refractivity contribution in [1.29, 1.82) is 5.26 Å². The summed E-state index contributed by atoms with van der Waals surface area (Å²) in [6.45, 7) is 4.47. The number of thiazole rings is 1. The van der Waals surface area contributed by atoms with Gasteiger partial charge in [-0.25, -0.2) is 9.97 Å². The Morgan fingerprint density at radius 3 is 2.75 bits per heavy atom. The van der Waals surface area contributed by atoms with Crippen LogP contribution in [0.1, 0.15) is 21.1 Å². The zero-order valence-corrected chi connectivity index (χ0v) is 13.8. The summed E-state index contributed by atoms with van der Waals surface area (Å²) in [5, 5.41) is 24.9. The third-order valence-corrected chi connectivity index (χ3v) is 4.49. The van der Waals surface area contributed by atoms with E-state index in [0.29, 0.717) is 28.8 Å². The molecule has 8 heteroatoms. The Morgan fingerprint density at radius 2 is 2.12 bits per heavy atom. The molecule has 0 spiro atoms. The monoisotopic (exact) mass is 339 g/mol. The van der Waals surface area contributed by atoms with Crippen LogP contribution in [-0.2, 0) is 6.54 Å². The maximum atomic E-state index is 10.9. The Bertz CT molecular complexity index is 990. The van der Waals surface area contributed by atoms with Gasteiger partial charge in [0.1, 0.15) is 5.82 Å². The van der Waals surface area contributed by atoms with Crippen molar-refractivity contribution in [3.8, 4) is 6.07 Å². The van der Waals surface area contributed by atoms with Gasteiger partial charge in [-0.3, -0.25) is 10.1 Å². The predicted molar refractivity (Wildman–Crippen MR) is 92.0 cm³/mol. The van der Waals surface area contributed by atoms with Gasteiger partial charge in [-0.2, -0.15) is 5.26 Å². The van der Waals surface area contributed by atoms with E-state index < -0.39 is 4.92 Å². The number of nitrogens with zero attached hydrogens (tertiary/aromatic N) is 4. The zero-order chi connectivity index (χ0) is 17.3. The van der Waals surface area contributed by atoms with Gasteiger partial charge in [0, 0.05) is 22.4 Å². The number of pyridine rings is 1. The molecule has 0 aliphatic heterocycles. The SMILES string of the molecule is Cc1nc(CNc2cc(C#N)c3cc([N+](=O)[O-])ccc3n2)c(C)s1. The number of anilines is 1. The number of nitrogens with one attached hydrogen (secondary N) is 1. The number of rotatable bonds is 4. The minimum absolute atomic E-state index is 0.0601. The number of aromatic nitrogens is 2. The van der Waals surface area contributed by atoms with Gasteiger partial charge in [0.25, 0.3) is 5.69 Å². The summed E-state index contributed by atoms with van der Waals surface area (Å²) in [5.41, 5.74) is 1.77. The first-order valence-corrected chi connectivity index (χ1v) is 7.95. The molecule has 1 N–H and O–H groups in total. The Balaban J connectivity index is 1.95. The van der Waals surface area contributed by atoms with Crippen molar-refractivity contribution in [1.82, 2.24) is 9.97 Å². The molecule has 0 radical (unpaired) electrons. The lowest BCUT2D eigenvalue weighted by atomic mass is 10.1. The Morgan fingerprint density at radius 1 is 1.33 bits per heavy atom. The van der Waals surface area contributed by atoms with Gasteiger partial charge in [0.15, 0.2) is 0 Å². The van der Waals surface area contributed by atoms with Crippen LogP contribution in [0.2, 0.25) is 0 Å². The fourth-order valence-corrected chi connectivity index (χ4v) is 3.26. The molecule has 0 unspecified atom stereocenters. The summed E-state index contributed by atoms with van der Waals surface area (Å²) in [4.78, 5) is 20.4. The molecule has 7 nitrogen and oxygen atoms in total. The highest BCUT2D eigenvalue weighted by Gasteiger charge is 2.12. The van der Waals surface area contributed by atoms with Crippen molar-refractivity contribution in [2.24, 2.45) is 0 Å². The molecule has 0 aliphatic carbocycles. The normalized spacial score (nSPS) is 10.5. The van der Waals surface area contributed by atoms with Crippen LogP contribution < -0.4 is 5.32 Å². The van der Waals surface area contributed by atoms with Gasteiger partial charge in [-0.05, 0) is 26.0 Å². The number of nitro groups is 1. The van der Waals surface area contributed by atoms with E-state index in [1.165, 1.54) is 12.1 Å². The number of fused-ring (bicyclic) bond motifs is 1. The first-order valence-electron chi connectivity index (χ1n) is 7.14. The summed E-state index contributed by atoms with van der Waals surface area (Å²) in [6.07, 6.45) is 0. The minimum atomic E-state index is -0.486. The number of hydrogen-bond donors (Lipinski definition) is 1. The maximum Gasteiger partial charge on any atom is 0.270 e. The number of benzene rings is 1. The van der Waals surface area contributed by atoms with Gasteiger partial charge in [-0.15, -0.1) is 11.3 Å². The molecule has 0 amide bonds. The molecule has 24 heavy (non-hydrogen) atoms. The van der Waals surface area contributed by atoms with Gasteiger partial charge >= 0.3 is 0 Å². The Labute approximate surface area is 141 Å². The summed E-state index contributed by atoms with van der Waals surface area (Å²) >= 11 is 1.63. The molecule has 3 rings (SSSR count). The highest BCUT2D eigenvalue weighted by atomic mass is 32.1. The molecule has 0 saturated carbocycles. The topological polar surface area (TPSA) is 105 Å². The van der Waals surface area contributed by atoms with E-state index in [-0.39, 0.29) is 5.69 Å². The number of aryl methyl sites for hydroxylation is 2. The van der Waals surface area contributed by atoms with Crippen LogP contribution in [0.5, 0.6) is 0 Å². The van der Waals surface area contributed by atoms with E-state index in [4.69, 9.17) is 0 Å².